The van der Waals surface area contributed by atoms with Gasteiger partial charge in [-0.1, -0.05) is 24.6 Å². The maximum absolute atomic E-state index is 13.4. The minimum absolute atomic E-state index is 0.0327. The van der Waals surface area contributed by atoms with Crippen LogP contribution in [0.5, 0.6) is 5.75 Å². The third-order valence-electron chi connectivity index (χ3n) is 7.26. The molecule has 0 aromatic heterocycles. The number of rotatable bonds is 9. The molecule has 0 spiro atoms. The first-order valence-corrected chi connectivity index (χ1v) is 14.5. The van der Waals surface area contributed by atoms with Crippen LogP contribution < -0.4 is 9.46 Å². The number of anilines is 1. The number of aliphatic hydroxyl groups is 1. The van der Waals surface area contributed by atoms with Gasteiger partial charge < -0.3 is 19.6 Å². The van der Waals surface area contributed by atoms with Crippen molar-refractivity contribution in [2.75, 3.05) is 38.0 Å². The van der Waals surface area contributed by atoms with Crippen LogP contribution in [0.15, 0.2) is 47.4 Å². The highest BCUT2D eigenvalue weighted by molar-refractivity contribution is 7.92. The molecule has 8 nitrogen and oxygen atoms in total. The Morgan fingerprint density at radius 3 is 2.51 bits per heavy atom. The Morgan fingerprint density at radius 1 is 1.16 bits per heavy atom. The quantitative estimate of drug-likeness (QED) is 0.517. The predicted molar refractivity (Wildman–Crippen MR) is 144 cm³/mol. The van der Waals surface area contributed by atoms with Crippen LogP contribution in [0.2, 0.25) is 0 Å². The van der Waals surface area contributed by atoms with Crippen LogP contribution >= 0.6 is 0 Å². The molecule has 0 unspecified atom stereocenters. The highest BCUT2D eigenvalue weighted by atomic mass is 32.2. The lowest BCUT2D eigenvalue weighted by Crippen LogP contribution is -2.47. The summed E-state index contributed by atoms with van der Waals surface area (Å²) in [5.74, 6) is 1.25. The summed E-state index contributed by atoms with van der Waals surface area (Å²) < 4.78 is 35.1. The summed E-state index contributed by atoms with van der Waals surface area (Å²) in [4.78, 5) is 17.6. The molecular formula is C28H39N3O5S. The molecule has 2 aliphatic rings. The molecule has 0 radical (unpaired) electrons. The van der Waals surface area contributed by atoms with Gasteiger partial charge in [0.25, 0.3) is 10.0 Å². The molecule has 4 rings (SSSR count). The molecule has 37 heavy (non-hydrogen) atoms. The van der Waals surface area contributed by atoms with Crippen molar-refractivity contribution in [2.45, 2.75) is 57.1 Å². The number of aliphatic hydroxyl groups excluding tert-OH is 1. The third kappa shape index (κ3) is 7.03. The van der Waals surface area contributed by atoms with E-state index in [2.05, 4.69) is 23.6 Å². The maximum atomic E-state index is 13.4. The second-order valence-electron chi connectivity index (χ2n) is 10.8. The summed E-state index contributed by atoms with van der Waals surface area (Å²) in [5, 5.41) is 9.82. The number of nitrogens with zero attached hydrogens (tertiary/aromatic N) is 2. The summed E-state index contributed by atoms with van der Waals surface area (Å²) in [6.07, 6.45) is 2.42. The van der Waals surface area contributed by atoms with E-state index >= 15 is 0 Å². The number of hydrogen-bond donors (Lipinski definition) is 2. The molecule has 202 valence electrons. The molecule has 0 saturated heterocycles. The smallest absolute Gasteiger partial charge is 0.261 e. The average molecular weight is 530 g/mol. The molecule has 3 atom stereocenters. The Hall–Kier alpha value is -2.62. The molecule has 1 fully saturated rings. The Balaban J connectivity index is 1.63. The second-order valence-corrected chi connectivity index (χ2v) is 12.5. The maximum Gasteiger partial charge on any atom is 0.261 e. The van der Waals surface area contributed by atoms with Crippen molar-refractivity contribution < 1.29 is 23.1 Å². The zero-order chi connectivity index (χ0) is 26.7. The lowest BCUT2D eigenvalue weighted by Gasteiger charge is -2.34. The summed E-state index contributed by atoms with van der Waals surface area (Å²) in [6, 6.07) is 11.4. The van der Waals surface area contributed by atoms with Crippen LogP contribution in [0.1, 0.15) is 37.8 Å². The highest BCUT2D eigenvalue weighted by Gasteiger charge is 2.32. The van der Waals surface area contributed by atoms with Crippen molar-refractivity contribution in [1.29, 1.82) is 0 Å². The number of sulfonamides is 1. The Labute approximate surface area is 220 Å². The fourth-order valence-corrected chi connectivity index (χ4v) is 5.81. The first-order valence-electron chi connectivity index (χ1n) is 13.0. The Kier molecular flexibility index (Phi) is 8.46. The second kappa shape index (κ2) is 11.4. The van der Waals surface area contributed by atoms with Crippen molar-refractivity contribution >= 4 is 21.6 Å². The number of nitrogens with one attached hydrogen (secondary N) is 1. The molecule has 2 N–H and O–H groups in total. The zero-order valence-corrected chi connectivity index (χ0v) is 23.0. The molecule has 2 aromatic carbocycles. The molecule has 2 aromatic rings. The fraction of sp³-hybridized carbons (Fsp3) is 0.536. The summed E-state index contributed by atoms with van der Waals surface area (Å²) in [5.41, 5.74) is 1.96. The predicted octanol–water partition coefficient (Wildman–Crippen LogP) is 3.29. The molecule has 1 aliphatic heterocycles. The fourth-order valence-electron chi connectivity index (χ4n) is 4.77. The summed E-state index contributed by atoms with van der Waals surface area (Å²) in [6.45, 7) is 7.90. The third-order valence-corrected chi connectivity index (χ3v) is 8.66. The van der Waals surface area contributed by atoms with E-state index in [9.17, 15) is 18.3 Å². The van der Waals surface area contributed by atoms with Gasteiger partial charge in [0.2, 0.25) is 5.91 Å². The van der Waals surface area contributed by atoms with Crippen LogP contribution in [0.3, 0.4) is 0 Å². The van der Waals surface area contributed by atoms with E-state index < -0.39 is 10.0 Å². The van der Waals surface area contributed by atoms with Gasteiger partial charge >= 0.3 is 0 Å². The number of carbonyl (C=O) groups excluding carboxylic acids is 1. The average Bonchev–Trinajstić information content (AvgIpc) is 3.65. The van der Waals surface area contributed by atoms with Gasteiger partial charge in [0.15, 0.2) is 0 Å². The van der Waals surface area contributed by atoms with Crippen LogP contribution in [0.25, 0.3) is 0 Å². The molecular weight excluding hydrogens is 490 g/mol. The van der Waals surface area contributed by atoms with Gasteiger partial charge in [-0.05, 0) is 70.0 Å². The van der Waals surface area contributed by atoms with Crippen molar-refractivity contribution in [3.8, 4) is 5.75 Å². The van der Waals surface area contributed by atoms with Gasteiger partial charge in [0.1, 0.15) is 11.9 Å². The van der Waals surface area contributed by atoms with Gasteiger partial charge in [0.05, 0.1) is 24.0 Å². The van der Waals surface area contributed by atoms with Gasteiger partial charge in [-0.2, -0.15) is 0 Å². The van der Waals surface area contributed by atoms with Crippen LogP contribution in [-0.4, -0.2) is 74.7 Å². The number of likely N-dealkylation sites (N-methyl/N-ethyl adjacent to an activating group) is 1. The van der Waals surface area contributed by atoms with E-state index in [4.69, 9.17) is 4.74 Å². The standard InChI is InChI=1S/C28H39N3O5S/c1-19-5-10-25(11-6-19)37(34,35)29-24-9-12-26-23(13-24)14-28(33)31(21(3)18-32)15-20(2)27(36-26)17-30(4)16-22-7-8-22/h5-6,9-13,20-22,27,29,32H,7-8,14-18H2,1-4H3/t20-,21+,27+/m0/s1. The number of fused-ring (bicyclic) bond motifs is 1. The van der Waals surface area contributed by atoms with Crippen molar-refractivity contribution in [2.24, 2.45) is 11.8 Å². The summed E-state index contributed by atoms with van der Waals surface area (Å²) >= 11 is 0. The van der Waals surface area contributed by atoms with Gasteiger partial charge in [0, 0.05) is 36.8 Å². The van der Waals surface area contributed by atoms with Crippen LogP contribution in [-0.2, 0) is 21.2 Å². The first-order chi connectivity index (χ1) is 17.6. The minimum Gasteiger partial charge on any atom is -0.488 e. The Bertz CT molecular complexity index is 1200. The van der Waals surface area contributed by atoms with Crippen molar-refractivity contribution in [1.82, 2.24) is 9.80 Å². The number of carbonyl (C=O) groups is 1. The Morgan fingerprint density at radius 2 is 1.86 bits per heavy atom. The SMILES string of the molecule is Cc1ccc(S(=O)(=O)Nc2ccc3c(c2)CC(=O)N([C@H](C)CO)C[C@H](C)[C@@H](CN(C)CC2CC2)O3)cc1. The van der Waals surface area contributed by atoms with Gasteiger partial charge in [-0.15, -0.1) is 0 Å². The molecule has 9 heteroatoms. The van der Waals surface area contributed by atoms with Crippen molar-refractivity contribution in [3.63, 3.8) is 0 Å². The zero-order valence-electron chi connectivity index (χ0n) is 22.2. The lowest BCUT2D eigenvalue weighted by molar-refractivity contribution is -0.134. The molecule has 0 bridgehead atoms. The highest BCUT2D eigenvalue weighted by Crippen LogP contribution is 2.32. The molecule has 1 saturated carbocycles. The van der Waals surface area contributed by atoms with Crippen molar-refractivity contribution in [3.05, 3.63) is 53.6 Å². The van der Waals surface area contributed by atoms with Crippen LogP contribution in [0, 0.1) is 18.8 Å². The number of hydrogen-bond acceptors (Lipinski definition) is 6. The normalized spacial score (nSPS) is 21.5. The van der Waals surface area contributed by atoms with Crippen LogP contribution in [0.4, 0.5) is 5.69 Å². The molecule has 1 aliphatic carbocycles. The van der Waals surface area contributed by atoms with E-state index in [-0.39, 0.29) is 41.9 Å². The molecule has 1 amide bonds. The van der Waals surface area contributed by atoms with E-state index in [1.54, 1.807) is 47.4 Å². The molecule has 1 heterocycles. The van der Waals surface area contributed by atoms with E-state index in [0.29, 0.717) is 30.1 Å². The minimum atomic E-state index is -3.79. The first kappa shape index (κ1) is 27.4. The lowest BCUT2D eigenvalue weighted by atomic mass is 10.0. The topological polar surface area (TPSA) is 99.2 Å². The number of ether oxygens (including phenoxy) is 1. The number of benzene rings is 2. The van der Waals surface area contributed by atoms with Gasteiger partial charge in [-0.25, -0.2) is 8.42 Å². The monoisotopic (exact) mass is 529 g/mol. The number of aryl methyl sites for hydroxylation is 1. The van der Waals surface area contributed by atoms with E-state index in [0.717, 1.165) is 18.0 Å². The summed E-state index contributed by atoms with van der Waals surface area (Å²) in [7, 11) is -1.69. The number of amides is 1. The van der Waals surface area contributed by atoms with E-state index in [1.165, 1.54) is 12.8 Å². The largest absolute Gasteiger partial charge is 0.488 e. The van der Waals surface area contributed by atoms with E-state index in [1.807, 2.05) is 13.8 Å². The van der Waals surface area contributed by atoms with Gasteiger partial charge in [-0.3, -0.25) is 9.52 Å².